The van der Waals surface area contributed by atoms with Gasteiger partial charge in [0.2, 0.25) is 11.7 Å². The average molecular weight is 345 g/mol. The number of rotatable bonds is 4. The highest BCUT2D eigenvalue weighted by Crippen LogP contribution is 2.35. The minimum absolute atomic E-state index is 0.0291. The number of benzene rings is 1. The van der Waals surface area contributed by atoms with E-state index in [0.717, 1.165) is 12.1 Å². The summed E-state index contributed by atoms with van der Waals surface area (Å²) in [6.07, 6.45) is 6.76. The number of likely N-dealkylation sites (tertiary alicyclic amines) is 1. The van der Waals surface area contributed by atoms with Crippen LogP contribution in [0.3, 0.4) is 0 Å². The summed E-state index contributed by atoms with van der Waals surface area (Å²) in [5.41, 5.74) is 0.730. The summed E-state index contributed by atoms with van der Waals surface area (Å²) in [6.45, 7) is 1.64. The largest absolute Gasteiger partial charge is 0.392 e. The maximum absolute atomic E-state index is 13.1. The fourth-order valence-electron chi connectivity index (χ4n) is 4.13. The Balaban J connectivity index is 1.50. The Morgan fingerprint density at radius 3 is 2.68 bits per heavy atom. The number of halogens is 1. The van der Waals surface area contributed by atoms with E-state index < -0.39 is 0 Å². The van der Waals surface area contributed by atoms with Gasteiger partial charge in [0.25, 0.3) is 0 Å². The smallest absolute Gasteiger partial charge is 0.244 e. The van der Waals surface area contributed by atoms with Crippen LogP contribution in [0.1, 0.15) is 50.5 Å². The van der Waals surface area contributed by atoms with Crippen LogP contribution in [-0.2, 0) is 0 Å². The van der Waals surface area contributed by atoms with Crippen LogP contribution in [0.4, 0.5) is 4.39 Å². The molecule has 134 valence electrons. The summed E-state index contributed by atoms with van der Waals surface area (Å²) >= 11 is 0. The molecule has 0 radical (unpaired) electrons. The second-order valence-corrected chi connectivity index (χ2v) is 7.33. The third kappa shape index (κ3) is 3.75. The normalized spacial score (nSPS) is 25.5. The Kier molecular flexibility index (Phi) is 4.81. The Labute approximate surface area is 146 Å². The minimum atomic E-state index is -0.352. The second kappa shape index (κ2) is 7.22. The van der Waals surface area contributed by atoms with E-state index in [9.17, 15) is 9.50 Å². The maximum Gasteiger partial charge on any atom is 0.244 e. The van der Waals surface area contributed by atoms with Gasteiger partial charge in [-0.2, -0.15) is 4.98 Å². The van der Waals surface area contributed by atoms with Gasteiger partial charge >= 0.3 is 0 Å². The summed E-state index contributed by atoms with van der Waals surface area (Å²) in [4.78, 5) is 6.81. The SMILES string of the molecule is O[C@@H]1C[C@@H](c2nc(-c3ccc(F)cc3)no2)N(CC2CCCCC2)C1. The van der Waals surface area contributed by atoms with Crippen molar-refractivity contribution in [1.82, 2.24) is 15.0 Å². The van der Waals surface area contributed by atoms with Gasteiger partial charge in [0.1, 0.15) is 5.82 Å². The molecule has 0 amide bonds. The quantitative estimate of drug-likeness (QED) is 0.918. The van der Waals surface area contributed by atoms with Crippen LogP contribution in [0, 0.1) is 11.7 Å². The van der Waals surface area contributed by atoms with Crippen LogP contribution >= 0.6 is 0 Å². The van der Waals surface area contributed by atoms with Crippen LogP contribution in [0.2, 0.25) is 0 Å². The molecule has 2 aliphatic rings. The number of aliphatic hydroxyl groups is 1. The molecule has 2 fully saturated rings. The van der Waals surface area contributed by atoms with Gasteiger partial charge < -0.3 is 9.63 Å². The molecule has 0 bridgehead atoms. The molecule has 0 unspecified atom stereocenters. The molecule has 0 spiro atoms. The topological polar surface area (TPSA) is 62.4 Å². The van der Waals surface area contributed by atoms with Gasteiger partial charge in [-0.15, -0.1) is 0 Å². The highest BCUT2D eigenvalue weighted by molar-refractivity contribution is 5.53. The Bertz CT molecular complexity index is 697. The van der Waals surface area contributed by atoms with Crippen LogP contribution in [-0.4, -0.2) is 39.3 Å². The molecule has 25 heavy (non-hydrogen) atoms. The van der Waals surface area contributed by atoms with E-state index in [1.807, 2.05) is 0 Å². The van der Waals surface area contributed by atoms with Gasteiger partial charge in [0.15, 0.2) is 0 Å². The third-order valence-electron chi connectivity index (χ3n) is 5.43. The zero-order chi connectivity index (χ0) is 17.2. The number of nitrogens with zero attached hydrogens (tertiary/aromatic N) is 3. The number of aliphatic hydroxyl groups excluding tert-OH is 1. The van der Waals surface area contributed by atoms with E-state index in [-0.39, 0.29) is 18.0 Å². The molecule has 1 aliphatic heterocycles. The highest BCUT2D eigenvalue weighted by Gasteiger charge is 2.37. The molecule has 1 saturated carbocycles. The van der Waals surface area contributed by atoms with Crippen molar-refractivity contribution in [2.75, 3.05) is 13.1 Å². The molecule has 6 heteroatoms. The van der Waals surface area contributed by atoms with Crippen molar-refractivity contribution in [3.8, 4) is 11.4 Å². The zero-order valence-electron chi connectivity index (χ0n) is 14.3. The molecule has 1 aliphatic carbocycles. The van der Waals surface area contributed by atoms with Crippen molar-refractivity contribution in [2.24, 2.45) is 5.92 Å². The summed E-state index contributed by atoms with van der Waals surface area (Å²) in [7, 11) is 0. The fourth-order valence-corrected chi connectivity index (χ4v) is 4.13. The van der Waals surface area contributed by atoms with Gasteiger partial charge in [-0.05, 0) is 49.4 Å². The van der Waals surface area contributed by atoms with E-state index in [4.69, 9.17) is 4.52 Å². The molecule has 5 nitrogen and oxygen atoms in total. The van der Waals surface area contributed by atoms with Crippen LogP contribution in [0.5, 0.6) is 0 Å². The molecular weight excluding hydrogens is 321 g/mol. The lowest BCUT2D eigenvalue weighted by Gasteiger charge is -2.29. The fraction of sp³-hybridized carbons (Fsp3) is 0.579. The van der Waals surface area contributed by atoms with Gasteiger partial charge in [-0.1, -0.05) is 24.4 Å². The van der Waals surface area contributed by atoms with Crippen molar-refractivity contribution >= 4 is 0 Å². The summed E-state index contributed by atoms with van der Waals surface area (Å²) < 4.78 is 18.6. The van der Waals surface area contributed by atoms with Crippen molar-refractivity contribution in [3.05, 3.63) is 36.0 Å². The van der Waals surface area contributed by atoms with E-state index in [2.05, 4.69) is 15.0 Å². The van der Waals surface area contributed by atoms with Gasteiger partial charge in [-0.25, -0.2) is 4.39 Å². The summed E-state index contributed by atoms with van der Waals surface area (Å²) in [5.74, 6) is 1.42. The van der Waals surface area contributed by atoms with E-state index in [1.165, 1.54) is 44.2 Å². The van der Waals surface area contributed by atoms with Crippen molar-refractivity contribution in [2.45, 2.75) is 50.7 Å². The summed E-state index contributed by atoms with van der Waals surface area (Å²) in [5, 5.41) is 14.2. The van der Waals surface area contributed by atoms with E-state index in [1.54, 1.807) is 12.1 Å². The number of hydrogen-bond donors (Lipinski definition) is 1. The zero-order valence-corrected chi connectivity index (χ0v) is 14.3. The Morgan fingerprint density at radius 1 is 1.16 bits per heavy atom. The molecule has 2 aromatic rings. The lowest BCUT2D eigenvalue weighted by molar-refractivity contribution is 0.147. The first kappa shape index (κ1) is 16.7. The first-order valence-corrected chi connectivity index (χ1v) is 9.20. The molecule has 2 atom stereocenters. The highest BCUT2D eigenvalue weighted by atomic mass is 19.1. The van der Waals surface area contributed by atoms with Crippen LogP contribution in [0.15, 0.2) is 28.8 Å². The lowest BCUT2D eigenvalue weighted by atomic mass is 9.89. The number of β-amino-alcohol motifs (C(OH)–C–C–N with tert-alkyl or cyclic N) is 1. The molecule has 1 N–H and O–H groups in total. The first-order chi connectivity index (χ1) is 12.2. The standard InChI is InChI=1S/C19H24FN3O2/c20-15-8-6-14(7-9-15)18-21-19(25-22-18)17-10-16(24)12-23(17)11-13-4-2-1-3-5-13/h6-9,13,16-17,24H,1-5,10-12H2/t16-,17+/m1/s1. The first-order valence-electron chi connectivity index (χ1n) is 9.20. The monoisotopic (exact) mass is 345 g/mol. The number of aromatic nitrogens is 2. The van der Waals surface area contributed by atoms with Gasteiger partial charge in [0.05, 0.1) is 12.1 Å². The Morgan fingerprint density at radius 2 is 1.92 bits per heavy atom. The van der Waals surface area contributed by atoms with E-state index in [0.29, 0.717) is 30.6 Å². The van der Waals surface area contributed by atoms with Crippen molar-refractivity contribution < 1.29 is 14.0 Å². The third-order valence-corrected chi connectivity index (χ3v) is 5.43. The van der Waals surface area contributed by atoms with Crippen LogP contribution in [0.25, 0.3) is 11.4 Å². The second-order valence-electron chi connectivity index (χ2n) is 7.33. The van der Waals surface area contributed by atoms with Crippen LogP contribution < -0.4 is 0 Å². The lowest BCUT2D eigenvalue weighted by Crippen LogP contribution is -2.31. The predicted octanol–water partition coefficient (Wildman–Crippen LogP) is 3.56. The minimum Gasteiger partial charge on any atom is -0.392 e. The molecule has 4 rings (SSSR count). The van der Waals surface area contributed by atoms with Crippen molar-refractivity contribution in [1.29, 1.82) is 0 Å². The van der Waals surface area contributed by atoms with Crippen molar-refractivity contribution in [3.63, 3.8) is 0 Å². The molecule has 1 saturated heterocycles. The van der Waals surface area contributed by atoms with E-state index >= 15 is 0 Å². The van der Waals surface area contributed by atoms with Gasteiger partial charge in [0, 0.05) is 18.7 Å². The predicted molar refractivity (Wildman–Crippen MR) is 91.2 cm³/mol. The summed E-state index contributed by atoms with van der Waals surface area (Å²) in [6, 6.07) is 6.04. The molecule has 1 aromatic heterocycles. The average Bonchev–Trinajstić information content (AvgIpc) is 3.23. The molecule has 2 heterocycles. The van der Waals surface area contributed by atoms with Gasteiger partial charge in [-0.3, -0.25) is 4.90 Å². The Hall–Kier alpha value is -1.79. The molecular formula is C19H24FN3O2. The number of hydrogen-bond acceptors (Lipinski definition) is 5. The maximum atomic E-state index is 13.1. The molecule has 1 aromatic carbocycles.